The Balaban J connectivity index is 0.000000500. The lowest BCUT2D eigenvalue weighted by atomic mass is 10.0. The Morgan fingerprint density at radius 3 is 1.97 bits per heavy atom. The average Bonchev–Trinajstić information content (AvgIpc) is 2.66. The second kappa shape index (κ2) is 10.3. The number of nitrogens with zero attached hydrogens (tertiary/aromatic N) is 2. The summed E-state index contributed by atoms with van der Waals surface area (Å²) in [6, 6.07) is 4.54. The van der Waals surface area contributed by atoms with Gasteiger partial charge in [-0.25, -0.2) is 4.98 Å². The number of nitrogens with one attached hydrogen (secondary N) is 1. The Hall–Kier alpha value is -3.77. The highest BCUT2D eigenvalue weighted by Gasteiger charge is 2.37. The highest BCUT2D eigenvalue weighted by molar-refractivity contribution is 5.97. The van der Waals surface area contributed by atoms with Gasteiger partial charge in [-0.2, -0.15) is 31.4 Å². The SMILES string of the molecule is Cc1ccc(N)nc1.NC(=O)/C=C\N/N=C(\N)c1cc(C(F)(F)F)cc(C(F)(F)F)c1. The molecule has 0 saturated heterocycles. The molecule has 13 heteroatoms. The summed E-state index contributed by atoms with van der Waals surface area (Å²) in [5.41, 5.74) is 15.0. The highest BCUT2D eigenvalue weighted by Crippen LogP contribution is 2.36. The fourth-order valence-corrected chi connectivity index (χ4v) is 1.87. The predicted molar refractivity (Wildman–Crippen MR) is 102 cm³/mol. The van der Waals surface area contributed by atoms with Crippen molar-refractivity contribution in [1.29, 1.82) is 0 Å². The summed E-state index contributed by atoms with van der Waals surface area (Å²) < 4.78 is 76.0. The number of nitrogens with two attached hydrogens (primary N) is 3. The van der Waals surface area contributed by atoms with Crippen molar-refractivity contribution in [1.82, 2.24) is 10.4 Å². The number of amidine groups is 1. The lowest BCUT2D eigenvalue weighted by molar-refractivity contribution is -0.143. The maximum Gasteiger partial charge on any atom is 0.416 e. The molecule has 7 nitrogen and oxygen atoms in total. The van der Waals surface area contributed by atoms with Gasteiger partial charge >= 0.3 is 12.4 Å². The second-order valence-electron chi connectivity index (χ2n) is 5.92. The fraction of sp³-hybridized carbons (Fsp3) is 0.167. The number of alkyl halides is 6. The summed E-state index contributed by atoms with van der Waals surface area (Å²) >= 11 is 0. The van der Waals surface area contributed by atoms with Crippen molar-refractivity contribution in [3.05, 3.63) is 71.1 Å². The van der Waals surface area contributed by atoms with Crippen molar-refractivity contribution >= 4 is 17.6 Å². The largest absolute Gasteiger partial charge is 0.416 e. The van der Waals surface area contributed by atoms with Gasteiger partial charge in [-0.05, 0) is 36.8 Å². The molecule has 31 heavy (non-hydrogen) atoms. The first kappa shape index (κ1) is 25.3. The van der Waals surface area contributed by atoms with Crippen molar-refractivity contribution in [2.45, 2.75) is 19.3 Å². The zero-order chi connectivity index (χ0) is 23.8. The monoisotopic (exact) mass is 448 g/mol. The van der Waals surface area contributed by atoms with Crippen LogP contribution in [-0.2, 0) is 17.1 Å². The number of hydrogen-bond donors (Lipinski definition) is 4. The van der Waals surface area contributed by atoms with Crippen LogP contribution in [0.25, 0.3) is 0 Å². The van der Waals surface area contributed by atoms with Gasteiger partial charge in [0.1, 0.15) is 5.82 Å². The topological polar surface area (TPSA) is 132 Å². The number of hydrazone groups is 1. The molecule has 0 fully saturated rings. The molecular formula is C18H18F6N6O. The van der Waals surface area contributed by atoms with Gasteiger partial charge in [0.15, 0.2) is 5.84 Å². The Kier molecular flexibility index (Phi) is 8.41. The first-order chi connectivity index (χ1) is 14.2. The van der Waals surface area contributed by atoms with E-state index in [1.807, 2.05) is 13.0 Å². The molecule has 2 rings (SSSR count). The normalized spacial score (nSPS) is 12.3. The van der Waals surface area contributed by atoms with Gasteiger partial charge in [0.2, 0.25) is 5.91 Å². The number of halogens is 6. The van der Waals surface area contributed by atoms with Gasteiger partial charge in [-0.15, -0.1) is 0 Å². The molecule has 0 radical (unpaired) electrons. The lowest BCUT2D eigenvalue weighted by Crippen LogP contribution is -2.20. The van der Waals surface area contributed by atoms with Gasteiger partial charge < -0.3 is 17.2 Å². The van der Waals surface area contributed by atoms with E-state index < -0.39 is 40.8 Å². The molecule has 1 heterocycles. The number of primary amides is 1. The number of aryl methyl sites for hydroxylation is 1. The number of anilines is 1. The summed E-state index contributed by atoms with van der Waals surface area (Å²) in [7, 11) is 0. The van der Waals surface area contributed by atoms with Crippen LogP contribution in [0.2, 0.25) is 0 Å². The number of carbonyl (C=O) groups excluding carboxylic acids is 1. The number of nitrogen functional groups attached to an aromatic ring is 1. The van der Waals surface area contributed by atoms with E-state index in [1.54, 1.807) is 12.3 Å². The molecule has 1 aromatic heterocycles. The first-order valence-corrected chi connectivity index (χ1v) is 8.23. The minimum atomic E-state index is -4.99. The van der Waals surface area contributed by atoms with Crippen molar-refractivity contribution in [2.24, 2.45) is 16.6 Å². The van der Waals surface area contributed by atoms with Crippen molar-refractivity contribution in [3.63, 3.8) is 0 Å². The second-order valence-corrected chi connectivity index (χ2v) is 5.92. The van der Waals surface area contributed by atoms with Crippen molar-refractivity contribution < 1.29 is 31.1 Å². The molecule has 0 saturated carbocycles. The van der Waals surface area contributed by atoms with Crippen LogP contribution in [0.1, 0.15) is 22.3 Å². The number of carbonyl (C=O) groups is 1. The van der Waals surface area contributed by atoms with Crippen molar-refractivity contribution in [2.75, 3.05) is 5.73 Å². The van der Waals surface area contributed by atoms with Gasteiger partial charge in [-0.3, -0.25) is 10.2 Å². The minimum Gasteiger partial charge on any atom is -0.384 e. The van der Waals surface area contributed by atoms with Gasteiger partial charge in [0, 0.05) is 24.0 Å². The summed E-state index contributed by atoms with van der Waals surface area (Å²) in [5.74, 6) is -0.906. The molecule has 0 atom stereocenters. The van der Waals surface area contributed by atoms with E-state index >= 15 is 0 Å². The summed E-state index contributed by atoms with van der Waals surface area (Å²) in [6.07, 6.45) is -6.50. The van der Waals surface area contributed by atoms with Crippen LogP contribution in [0.15, 0.2) is 53.9 Å². The standard InChI is InChI=1S/C12H10F6N4O.C6H8N2/c13-11(14,15)7-3-6(4-8(5-7)12(16,17)18)10(20)22-21-2-1-9(19)23;1-5-2-3-6(7)8-4-5/h1-5,21H,(H2,19,23)(H2,20,22);2-4H,1H3,(H2,7,8)/b2-1-;. The average molecular weight is 448 g/mol. The van der Waals surface area contributed by atoms with Crippen LogP contribution in [0.4, 0.5) is 32.2 Å². The Morgan fingerprint density at radius 2 is 1.58 bits per heavy atom. The van der Waals surface area contributed by atoms with E-state index in [1.165, 1.54) is 0 Å². The first-order valence-electron chi connectivity index (χ1n) is 8.23. The zero-order valence-electron chi connectivity index (χ0n) is 15.9. The number of hydrogen-bond acceptors (Lipinski definition) is 5. The number of benzene rings is 1. The minimum absolute atomic E-state index is 0.0306. The van der Waals surface area contributed by atoms with Gasteiger partial charge in [-0.1, -0.05) is 6.07 Å². The number of rotatable bonds is 4. The van der Waals surface area contributed by atoms with E-state index in [9.17, 15) is 31.1 Å². The van der Waals surface area contributed by atoms with Crippen LogP contribution < -0.4 is 22.6 Å². The van der Waals surface area contributed by atoms with Crippen LogP contribution in [0.5, 0.6) is 0 Å². The van der Waals surface area contributed by atoms with Crippen LogP contribution in [0.3, 0.4) is 0 Å². The smallest absolute Gasteiger partial charge is 0.384 e. The summed E-state index contributed by atoms with van der Waals surface area (Å²) in [6.45, 7) is 1.98. The van der Waals surface area contributed by atoms with Crippen LogP contribution in [-0.4, -0.2) is 16.7 Å². The fourth-order valence-electron chi connectivity index (χ4n) is 1.87. The zero-order valence-corrected chi connectivity index (χ0v) is 15.9. The highest BCUT2D eigenvalue weighted by atomic mass is 19.4. The van der Waals surface area contributed by atoms with Crippen LogP contribution in [0, 0.1) is 6.92 Å². The molecular weight excluding hydrogens is 430 g/mol. The number of aromatic nitrogens is 1. The molecule has 1 amide bonds. The molecule has 0 aliphatic carbocycles. The van der Waals surface area contributed by atoms with Gasteiger partial charge in [0.05, 0.1) is 11.1 Å². The molecule has 168 valence electrons. The molecule has 7 N–H and O–H groups in total. The van der Waals surface area contributed by atoms with E-state index in [2.05, 4.69) is 15.5 Å². The number of pyridine rings is 1. The number of amides is 1. The molecule has 0 bridgehead atoms. The molecule has 2 aromatic rings. The van der Waals surface area contributed by atoms with Gasteiger partial charge in [0.25, 0.3) is 0 Å². The van der Waals surface area contributed by atoms with E-state index in [-0.39, 0.29) is 6.07 Å². The summed E-state index contributed by atoms with van der Waals surface area (Å²) in [5, 5.41) is 3.33. The predicted octanol–water partition coefficient (Wildman–Crippen LogP) is 2.91. The maximum atomic E-state index is 12.7. The Morgan fingerprint density at radius 1 is 1.03 bits per heavy atom. The lowest BCUT2D eigenvalue weighted by Gasteiger charge is -2.13. The molecule has 0 aliphatic rings. The Labute approximate surface area is 172 Å². The third-order valence-electron chi connectivity index (χ3n) is 3.32. The Bertz CT molecular complexity index is 898. The van der Waals surface area contributed by atoms with Crippen LogP contribution >= 0.6 is 0 Å². The third-order valence-corrected chi connectivity index (χ3v) is 3.32. The molecule has 0 unspecified atom stereocenters. The molecule has 1 aromatic carbocycles. The molecule has 0 aliphatic heterocycles. The van der Waals surface area contributed by atoms with E-state index in [0.29, 0.717) is 18.0 Å². The molecule has 0 spiro atoms. The van der Waals surface area contributed by atoms with Crippen molar-refractivity contribution in [3.8, 4) is 0 Å². The van der Waals surface area contributed by atoms with E-state index in [0.717, 1.165) is 17.8 Å². The quantitative estimate of drug-likeness (QED) is 0.188. The third kappa shape index (κ3) is 9.06. The summed E-state index contributed by atoms with van der Waals surface area (Å²) in [4.78, 5) is 14.2. The maximum absolute atomic E-state index is 12.7. The van der Waals surface area contributed by atoms with E-state index in [4.69, 9.17) is 17.2 Å².